The fourth-order valence-electron chi connectivity index (χ4n) is 2.27. The van der Waals surface area contributed by atoms with Gasteiger partial charge in [-0.1, -0.05) is 22.0 Å². The Labute approximate surface area is 120 Å². The molecule has 1 heterocycles. The molecular weight excluding hydrogens is 334 g/mol. The minimum Gasteiger partial charge on any atom is -0.480 e. The lowest BCUT2D eigenvalue weighted by Crippen LogP contribution is -2.40. The van der Waals surface area contributed by atoms with Crippen LogP contribution in [-0.2, 0) is 14.8 Å². The summed E-state index contributed by atoms with van der Waals surface area (Å²) in [5.41, 5.74) is 0.596. The molecule has 5 nitrogen and oxygen atoms in total. The van der Waals surface area contributed by atoms with Crippen LogP contribution in [-0.4, -0.2) is 36.4 Å². The highest BCUT2D eigenvalue weighted by atomic mass is 79.9. The summed E-state index contributed by atoms with van der Waals surface area (Å²) in [5.74, 6) is -1.09. The number of sulfonamides is 1. The molecule has 0 saturated carbocycles. The summed E-state index contributed by atoms with van der Waals surface area (Å²) in [6.45, 7) is 1.95. The Kier molecular flexibility index (Phi) is 3.98. The third kappa shape index (κ3) is 2.54. The van der Waals surface area contributed by atoms with Crippen molar-refractivity contribution in [1.82, 2.24) is 4.31 Å². The normalized spacial score (nSPS) is 20.6. The van der Waals surface area contributed by atoms with Gasteiger partial charge in [-0.05, 0) is 37.5 Å². The lowest BCUT2D eigenvalue weighted by Gasteiger charge is -2.22. The zero-order valence-electron chi connectivity index (χ0n) is 10.3. The van der Waals surface area contributed by atoms with Crippen molar-refractivity contribution in [2.75, 3.05) is 6.54 Å². The minimum atomic E-state index is -3.76. The Balaban J connectivity index is 2.48. The largest absolute Gasteiger partial charge is 0.480 e. The predicted octanol–water partition coefficient (Wildman–Crippen LogP) is 2.00. The molecule has 7 heteroatoms. The van der Waals surface area contributed by atoms with E-state index in [2.05, 4.69) is 15.9 Å². The van der Waals surface area contributed by atoms with Gasteiger partial charge in [-0.2, -0.15) is 4.31 Å². The highest BCUT2D eigenvalue weighted by Gasteiger charge is 2.40. The number of aliphatic carboxylic acids is 1. The molecule has 0 amide bonds. The first-order valence-corrected chi connectivity index (χ1v) is 8.09. The van der Waals surface area contributed by atoms with Crippen LogP contribution in [0.5, 0.6) is 0 Å². The fourth-order valence-corrected chi connectivity index (χ4v) is 4.67. The topological polar surface area (TPSA) is 74.7 Å². The van der Waals surface area contributed by atoms with Crippen molar-refractivity contribution in [3.8, 4) is 0 Å². The molecule has 1 saturated heterocycles. The lowest BCUT2D eigenvalue weighted by atomic mass is 10.2. The molecule has 104 valence electrons. The van der Waals surface area contributed by atoms with Gasteiger partial charge in [-0.3, -0.25) is 4.79 Å². The summed E-state index contributed by atoms with van der Waals surface area (Å²) in [6.07, 6.45) is 0.935. The minimum absolute atomic E-state index is 0.162. The van der Waals surface area contributed by atoms with Crippen LogP contribution in [0, 0.1) is 6.92 Å². The molecule has 19 heavy (non-hydrogen) atoms. The number of benzene rings is 1. The summed E-state index contributed by atoms with van der Waals surface area (Å²) in [6, 6.07) is 3.94. The average Bonchev–Trinajstić information content (AvgIpc) is 2.82. The molecule has 1 aromatic rings. The van der Waals surface area contributed by atoms with Crippen LogP contribution in [0.4, 0.5) is 0 Å². The molecular formula is C12H14BrNO4S. The third-order valence-corrected chi connectivity index (χ3v) is 6.21. The molecule has 1 aliphatic heterocycles. The van der Waals surface area contributed by atoms with E-state index in [1.807, 2.05) is 0 Å². The summed E-state index contributed by atoms with van der Waals surface area (Å²) >= 11 is 3.29. The van der Waals surface area contributed by atoms with Crippen LogP contribution in [0.15, 0.2) is 27.6 Å². The van der Waals surface area contributed by atoms with Gasteiger partial charge in [-0.25, -0.2) is 8.42 Å². The van der Waals surface area contributed by atoms with E-state index in [-0.39, 0.29) is 11.4 Å². The van der Waals surface area contributed by atoms with Gasteiger partial charge in [0.2, 0.25) is 10.0 Å². The molecule has 1 atom stereocenters. The number of halogens is 1. The Bertz CT molecular complexity index is 614. The van der Waals surface area contributed by atoms with Crippen LogP contribution in [0.25, 0.3) is 0 Å². The molecule has 0 bridgehead atoms. The van der Waals surface area contributed by atoms with E-state index in [4.69, 9.17) is 5.11 Å². The van der Waals surface area contributed by atoms with E-state index in [0.717, 1.165) is 4.31 Å². The molecule has 1 N–H and O–H groups in total. The Morgan fingerprint density at radius 2 is 2.16 bits per heavy atom. The molecule has 0 spiro atoms. The molecule has 0 aromatic heterocycles. The van der Waals surface area contributed by atoms with Crippen molar-refractivity contribution in [1.29, 1.82) is 0 Å². The first kappa shape index (κ1) is 14.5. The predicted molar refractivity (Wildman–Crippen MR) is 73.4 cm³/mol. The van der Waals surface area contributed by atoms with Crippen LogP contribution in [0.2, 0.25) is 0 Å². The van der Waals surface area contributed by atoms with Gasteiger partial charge in [0.05, 0.1) is 4.90 Å². The maximum absolute atomic E-state index is 12.6. The third-order valence-electron chi connectivity index (χ3n) is 3.29. The number of carboxylic acids is 1. The van der Waals surface area contributed by atoms with Crippen LogP contribution in [0.3, 0.4) is 0 Å². The number of hydrogen-bond donors (Lipinski definition) is 1. The van der Waals surface area contributed by atoms with Gasteiger partial charge in [0.25, 0.3) is 0 Å². The molecule has 2 rings (SSSR count). The maximum atomic E-state index is 12.6. The van der Waals surface area contributed by atoms with E-state index in [1.54, 1.807) is 19.1 Å². The number of rotatable bonds is 3. The monoisotopic (exact) mass is 347 g/mol. The molecule has 1 aromatic carbocycles. The second-order valence-corrected chi connectivity index (χ2v) is 7.19. The molecule has 0 unspecified atom stereocenters. The summed E-state index contributed by atoms with van der Waals surface area (Å²) in [5, 5.41) is 9.10. The highest BCUT2D eigenvalue weighted by molar-refractivity contribution is 9.10. The maximum Gasteiger partial charge on any atom is 0.322 e. The first-order valence-electron chi connectivity index (χ1n) is 5.85. The zero-order valence-corrected chi connectivity index (χ0v) is 12.7. The van der Waals surface area contributed by atoms with Crippen molar-refractivity contribution in [3.63, 3.8) is 0 Å². The summed E-state index contributed by atoms with van der Waals surface area (Å²) in [4.78, 5) is 11.3. The van der Waals surface area contributed by atoms with Crippen LogP contribution in [0.1, 0.15) is 18.4 Å². The van der Waals surface area contributed by atoms with Crippen LogP contribution < -0.4 is 0 Å². The number of carboxylic acid groups (broad SMARTS) is 1. The van der Waals surface area contributed by atoms with Gasteiger partial charge >= 0.3 is 5.97 Å². The summed E-state index contributed by atoms with van der Waals surface area (Å²) in [7, 11) is -3.76. The molecule has 0 radical (unpaired) electrons. The van der Waals surface area contributed by atoms with Gasteiger partial charge in [-0.15, -0.1) is 0 Å². The van der Waals surface area contributed by atoms with Gasteiger partial charge in [0.15, 0.2) is 0 Å². The summed E-state index contributed by atoms with van der Waals surface area (Å²) < 4.78 is 26.9. The zero-order chi connectivity index (χ0) is 14.2. The van der Waals surface area contributed by atoms with E-state index in [1.165, 1.54) is 6.07 Å². The Hall–Kier alpha value is -0.920. The fraction of sp³-hybridized carbons (Fsp3) is 0.417. The van der Waals surface area contributed by atoms with Crippen molar-refractivity contribution < 1.29 is 18.3 Å². The molecule has 1 fully saturated rings. The van der Waals surface area contributed by atoms with Crippen molar-refractivity contribution in [2.45, 2.75) is 30.7 Å². The Morgan fingerprint density at radius 3 is 2.79 bits per heavy atom. The van der Waals surface area contributed by atoms with Crippen molar-refractivity contribution in [3.05, 3.63) is 28.2 Å². The number of nitrogens with zero attached hydrogens (tertiary/aromatic N) is 1. The quantitative estimate of drug-likeness (QED) is 0.907. The highest BCUT2D eigenvalue weighted by Crippen LogP contribution is 2.30. The molecule has 0 aliphatic carbocycles. The van der Waals surface area contributed by atoms with Crippen LogP contribution >= 0.6 is 15.9 Å². The SMILES string of the molecule is Cc1c(Br)cccc1S(=O)(=O)N1CCC[C@H]1C(=O)O. The lowest BCUT2D eigenvalue weighted by molar-refractivity contribution is -0.140. The number of hydrogen-bond acceptors (Lipinski definition) is 3. The van der Waals surface area contributed by atoms with Crippen molar-refractivity contribution >= 4 is 31.9 Å². The number of carbonyl (C=O) groups is 1. The van der Waals surface area contributed by atoms with E-state index in [9.17, 15) is 13.2 Å². The Morgan fingerprint density at radius 1 is 1.47 bits per heavy atom. The van der Waals surface area contributed by atoms with Gasteiger partial charge in [0.1, 0.15) is 6.04 Å². The van der Waals surface area contributed by atoms with Gasteiger partial charge < -0.3 is 5.11 Å². The average molecular weight is 348 g/mol. The van der Waals surface area contributed by atoms with E-state index < -0.39 is 22.0 Å². The first-order chi connectivity index (χ1) is 8.85. The smallest absolute Gasteiger partial charge is 0.322 e. The van der Waals surface area contributed by atoms with E-state index >= 15 is 0 Å². The standard InChI is InChI=1S/C12H14BrNO4S/c1-8-9(13)4-2-6-11(8)19(17,18)14-7-3-5-10(14)12(15)16/h2,4,6,10H,3,5,7H2,1H3,(H,15,16)/t10-/m0/s1. The molecule has 1 aliphatic rings. The second-order valence-electron chi connectivity index (χ2n) is 4.47. The van der Waals surface area contributed by atoms with Crippen molar-refractivity contribution in [2.24, 2.45) is 0 Å². The van der Waals surface area contributed by atoms with Gasteiger partial charge in [0, 0.05) is 11.0 Å². The second kappa shape index (κ2) is 5.22. The van der Waals surface area contributed by atoms with E-state index in [0.29, 0.717) is 22.9 Å².